The molecule has 0 spiro atoms. The summed E-state index contributed by atoms with van der Waals surface area (Å²) in [7, 11) is 0. The zero-order chi connectivity index (χ0) is 22.1. The van der Waals surface area contributed by atoms with Crippen molar-refractivity contribution in [1.82, 2.24) is 10.2 Å². The summed E-state index contributed by atoms with van der Waals surface area (Å²) in [5.74, 6) is -0.294. The van der Waals surface area contributed by atoms with E-state index in [1.807, 2.05) is 54.6 Å². The fourth-order valence-electron chi connectivity index (χ4n) is 3.32. The highest BCUT2D eigenvalue weighted by molar-refractivity contribution is 6.04. The lowest BCUT2D eigenvalue weighted by molar-refractivity contribution is 0.0948. The van der Waals surface area contributed by atoms with Gasteiger partial charge in [-0.1, -0.05) is 56.3 Å². The topological polar surface area (TPSA) is 61.4 Å². The van der Waals surface area contributed by atoms with Crippen LogP contribution in [0.15, 0.2) is 78.9 Å². The minimum atomic E-state index is -0.184. The number of carbonyl (C=O) groups excluding carboxylic acids is 2. The molecule has 160 valence electrons. The van der Waals surface area contributed by atoms with Crippen LogP contribution < -0.4 is 10.6 Å². The average Bonchev–Trinajstić information content (AvgIpc) is 2.83. The molecule has 2 amide bonds. The number of hydrogen-bond acceptors (Lipinski definition) is 3. The third-order valence-corrected chi connectivity index (χ3v) is 5.27. The Labute approximate surface area is 184 Å². The number of likely N-dealkylation sites (N-methyl/N-ethyl adjacent to an activating group) is 1. The lowest BCUT2D eigenvalue weighted by Gasteiger charge is -2.18. The zero-order valence-electron chi connectivity index (χ0n) is 18.1. The Bertz CT molecular complexity index is 979. The number of amides is 2. The maximum atomic E-state index is 12.5. The number of carbonyl (C=O) groups is 2. The molecule has 0 aliphatic carbocycles. The van der Waals surface area contributed by atoms with Crippen LogP contribution in [0.4, 0.5) is 5.69 Å². The molecule has 0 saturated heterocycles. The summed E-state index contributed by atoms with van der Waals surface area (Å²) in [6, 6.07) is 24.5. The van der Waals surface area contributed by atoms with E-state index in [0.29, 0.717) is 23.4 Å². The molecule has 3 aromatic rings. The van der Waals surface area contributed by atoms with E-state index in [9.17, 15) is 9.59 Å². The Morgan fingerprint density at radius 1 is 0.710 bits per heavy atom. The minimum Gasteiger partial charge on any atom is -0.351 e. The third-order valence-electron chi connectivity index (χ3n) is 5.27. The molecule has 0 aliphatic rings. The van der Waals surface area contributed by atoms with Crippen LogP contribution in [0.2, 0.25) is 0 Å². The van der Waals surface area contributed by atoms with Gasteiger partial charge in [-0.05, 0) is 60.6 Å². The number of anilines is 1. The second-order valence-electron chi connectivity index (χ2n) is 7.26. The van der Waals surface area contributed by atoms with Gasteiger partial charge in [0, 0.05) is 29.9 Å². The molecule has 0 unspecified atom stereocenters. The second kappa shape index (κ2) is 11.1. The second-order valence-corrected chi connectivity index (χ2v) is 7.26. The quantitative estimate of drug-likeness (QED) is 0.534. The van der Waals surface area contributed by atoms with E-state index >= 15 is 0 Å². The van der Waals surface area contributed by atoms with E-state index in [2.05, 4.69) is 29.4 Å². The van der Waals surface area contributed by atoms with Crippen LogP contribution in [0.25, 0.3) is 11.1 Å². The van der Waals surface area contributed by atoms with Gasteiger partial charge in [0.1, 0.15) is 0 Å². The molecule has 31 heavy (non-hydrogen) atoms. The summed E-state index contributed by atoms with van der Waals surface area (Å²) < 4.78 is 0. The number of nitrogens with one attached hydrogen (secondary N) is 2. The van der Waals surface area contributed by atoms with Crippen molar-refractivity contribution in [3.63, 3.8) is 0 Å². The van der Waals surface area contributed by atoms with Crippen LogP contribution in [0.3, 0.4) is 0 Å². The molecular weight excluding hydrogens is 386 g/mol. The van der Waals surface area contributed by atoms with Crippen LogP contribution in [0.5, 0.6) is 0 Å². The molecule has 5 heteroatoms. The average molecular weight is 416 g/mol. The largest absolute Gasteiger partial charge is 0.351 e. The van der Waals surface area contributed by atoms with Gasteiger partial charge in [-0.2, -0.15) is 0 Å². The molecule has 3 rings (SSSR count). The summed E-state index contributed by atoms with van der Waals surface area (Å²) in [4.78, 5) is 27.1. The van der Waals surface area contributed by atoms with E-state index in [0.717, 1.165) is 30.8 Å². The predicted octanol–water partition coefficient (Wildman–Crippen LogP) is 4.68. The van der Waals surface area contributed by atoms with Gasteiger partial charge in [-0.15, -0.1) is 0 Å². The summed E-state index contributed by atoms with van der Waals surface area (Å²) in [5.41, 5.74) is 3.98. The summed E-state index contributed by atoms with van der Waals surface area (Å²) >= 11 is 0. The van der Waals surface area contributed by atoms with Crippen molar-refractivity contribution in [2.75, 3.05) is 31.5 Å². The van der Waals surface area contributed by atoms with Crippen molar-refractivity contribution in [2.45, 2.75) is 13.8 Å². The number of rotatable bonds is 9. The van der Waals surface area contributed by atoms with Crippen LogP contribution in [-0.4, -0.2) is 42.9 Å². The molecular formula is C26H29N3O2. The molecule has 3 aromatic carbocycles. The van der Waals surface area contributed by atoms with Crippen molar-refractivity contribution >= 4 is 17.5 Å². The van der Waals surface area contributed by atoms with Crippen LogP contribution >= 0.6 is 0 Å². The zero-order valence-corrected chi connectivity index (χ0v) is 18.1. The van der Waals surface area contributed by atoms with Crippen LogP contribution in [-0.2, 0) is 0 Å². The minimum absolute atomic E-state index is 0.110. The first kappa shape index (κ1) is 22.2. The molecule has 0 atom stereocenters. The van der Waals surface area contributed by atoms with E-state index in [1.54, 1.807) is 24.3 Å². The molecule has 0 radical (unpaired) electrons. The van der Waals surface area contributed by atoms with Gasteiger partial charge in [0.15, 0.2) is 0 Å². The normalized spacial score (nSPS) is 10.7. The Balaban J connectivity index is 1.54. The highest BCUT2D eigenvalue weighted by atomic mass is 16.2. The fourth-order valence-corrected chi connectivity index (χ4v) is 3.32. The predicted molar refractivity (Wildman–Crippen MR) is 126 cm³/mol. The van der Waals surface area contributed by atoms with Crippen molar-refractivity contribution < 1.29 is 9.59 Å². The molecule has 0 fully saturated rings. The van der Waals surface area contributed by atoms with Gasteiger partial charge >= 0.3 is 0 Å². The third kappa shape index (κ3) is 6.27. The Kier molecular flexibility index (Phi) is 7.96. The monoisotopic (exact) mass is 415 g/mol. The lowest BCUT2D eigenvalue weighted by Crippen LogP contribution is -2.34. The van der Waals surface area contributed by atoms with Crippen molar-refractivity contribution in [2.24, 2.45) is 0 Å². The molecule has 0 saturated carbocycles. The molecule has 2 N–H and O–H groups in total. The van der Waals surface area contributed by atoms with E-state index < -0.39 is 0 Å². The van der Waals surface area contributed by atoms with Gasteiger partial charge in [0.05, 0.1) is 0 Å². The summed E-state index contributed by atoms with van der Waals surface area (Å²) in [5, 5.41) is 5.81. The smallest absolute Gasteiger partial charge is 0.255 e. The molecule has 0 aliphatic heterocycles. The standard InChI is InChI=1S/C26H29N3O2/c1-3-29(4-2)19-18-27-25(30)22-14-16-24(17-15-22)28-26(31)23-12-10-21(11-13-23)20-8-6-5-7-9-20/h5-17H,3-4,18-19H2,1-2H3,(H,27,30)(H,28,31). The highest BCUT2D eigenvalue weighted by Crippen LogP contribution is 2.20. The lowest BCUT2D eigenvalue weighted by atomic mass is 10.0. The number of benzene rings is 3. The summed E-state index contributed by atoms with van der Waals surface area (Å²) in [6.45, 7) is 7.59. The molecule has 0 aromatic heterocycles. The molecule has 5 nitrogen and oxygen atoms in total. The first-order chi connectivity index (χ1) is 15.1. The van der Waals surface area contributed by atoms with Crippen LogP contribution in [0, 0.1) is 0 Å². The molecule has 0 bridgehead atoms. The van der Waals surface area contributed by atoms with Crippen LogP contribution in [0.1, 0.15) is 34.6 Å². The highest BCUT2D eigenvalue weighted by Gasteiger charge is 2.09. The van der Waals surface area contributed by atoms with E-state index in [-0.39, 0.29) is 11.8 Å². The summed E-state index contributed by atoms with van der Waals surface area (Å²) in [6.07, 6.45) is 0. The number of hydrogen-bond donors (Lipinski definition) is 2. The first-order valence-electron chi connectivity index (χ1n) is 10.7. The molecule has 0 heterocycles. The van der Waals surface area contributed by atoms with Crippen molar-refractivity contribution in [1.29, 1.82) is 0 Å². The Hall–Kier alpha value is -3.44. The number of nitrogens with zero attached hydrogens (tertiary/aromatic N) is 1. The SMILES string of the molecule is CCN(CC)CCNC(=O)c1ccc(NC(=O)c2ccc(-c3ccccc3)cc2)cc1. The maximum absolute atomic E-state index is 12.5. The van der Waals surface area contributed by atoms with Gasteiger partial charge in [0.25, 0.3) is 11.8 Å². The van der Waals surface area contributed by atoms with Gasteiger partial charge in [0.2, 0.25) is 0 Å². The first-order valence-corrected chi connectivity index (χ1v) is 10.7. The van der Waals surface area contributed by atoms with E-state index in [1.165, 1.54) is 0 Å². The maximum Gasteiger partial charge on any atom is 0.255 e. The Morgan fingerprint density at radius 3 is 1.87 bits per heavy atom. The van der Waals surface area contributed by atoms with Gasteiger partial charge in [-0.25, -0.2) is 0 Å². The van der Waals surface area contributed by atoms with Crippen molar-refractivity contribution in [3.8, 4) is 11.1 Å². The van der Waals surface area contributed by atoms with Crippen molar-refractivity contribution in [3.05, 3.63) is 90.0 Å². The Morgan fingerprint density at radius 2 is 1.26 bits per heavy atom. The van der Waals surface area contributed by atoms with Gasteiger partial charge in [-0.3, -0.25) is 9.59 Å². The fraction of sp³-hybridized carbons (Fsp3) is 0.231. The van der Waals surface area contributed by atoms with Gasteiger partial charge < -0.3 is 15.5 Å². The van der Waals surface area contributed by atoms with E-state index in [4.69, 9.17) is 0 Å².